The number of hydrogen-bond donors (Lipinski definition) is 1. The molecular weight excluding hydrogens is 312 g/mol. The Kier molecular flexibility index (Phi) is 3.90. The van der Waals surface area contributed by atoms with E-state index in [4.69, 9.17) is 5.73 Å². The van der Waals surface area contributed by atoms with E-state index in [-0.39, 0.29) is 11.6 Å². The van der Waals surface area contributed by atoms with Crippen LogP contribution in [0.1, 0.15) is 42.1 Å². The zero-order valence-corrected chi connectivity index (χ0v) is 14.7. The minimum atomic E-state index is -1.55. The molecule has 0 saturated heterocycles. The Morgan fingerprint density at radius 3 is 2.48 bits per heavy atom. The van der Waals surface area contributed by atoms with Gasteiger partial charge in [0.05, 0.1) is 29.1 Å². The van der Waals surface area contributed by atoms with Crippen LogP contribution >= 0.6 is 0 Å². The van der Waals surface area contributed by atoms with E-state index in [0.29, 0.717) is 5.57 Å². The molecule has 1 aromatic heterocycles. The van der Waals surface area contributed by atoms with E-state index in [9.17, 15) is 15.8 Å². The van der Waals surface area contributed by atoms with Crippen molar-refractivity contribution in [3.63, 3.8) is 0 Å². The van der Waals surface area contributed by atoms with E-state index in [0.717, 1.165) is 41.8 Å². The standard InChI is InChI=1S/C19H20N6/c1-11-16(12(2)25(3)24-11)17-14-7-5-4-6-13(14)15(8-20)18(23)19(17,9-21)10-22/h6,14,17H,4-5,7,23H2,1-3H3/t14-,17-/m0/s1. The Labute approximate surface area is 147 Å². The maximum Gasteiger partial charge on any atom is 0.191 e. The first-order valence-corrected chi connectivity index (χ1v) is 8.36. The summed E-state index contributed by atoms with van der Waals surface area (Å²) in [6.45, 7) is 3.84. The molecule has 2 aliphatic rings. The van der Waals surface area contributed by atoms with E-state index in [1.54, 1.807) is 4.68 Å². The fourth-order valence-electron chi connectivity index (χ4n) is 4.42. The van der Waals surface area contributed by atoms with Crippen LogP contribution in [0.25, 0.3) is 0 Å². The molecular formula is C19H20N6. The normalized spacial score (nSPS) is 24.6. The van der Waals surface area contributed by atoms with Gasteiger partial charge in [0, 0.05) is 24.2 Å². The number of fused-ring (bicyclic) bond motifs is 1. The summed E-state index contributed by atoms with van der Waals surface area (Å²) in [5.41, 5.74) is 8.64. The van der Waals surface area contributed by atoms with Crippen LogP contribution in [0.3, 0.4) is 0 Å². The number of nitrogens with two attached hydrogens (primary N) is 1. The highest BCUT2D eigenvalue weighted by atomic mass is 15.3. The second kappa shape index (κ2) is 5.80. The third-order valence-electron chi connectivity index (χ3n) is 5.68. The van der Waals surface area contributed by atoms with Gasteiger partial charge in [-0.1, -0.05) is 6.08 Å². The second-order valence-corrected chi connectivity index (χ2v) is 6.81. The number of aryl methyl sites for hydroxylation is 2. The lowest BCUT2D eigenvalue weighted by atomic mass is 9.56. The highest BCUT2D eigenvalue weighted by Gasteiger charge is 2.55. The van der Waals surface area contributed by atoms with Crippen LogP contribution in [0, 0.1) is 59.2 Å². The molecule has 0 amide bonds. The van der Waals surface area contributed by atoms with Gasteiger partial charge in [0.25, 0.3) is 0 Å². The average molecular weight is 332 g/mol. The molecule has 2 aliphatic carbocycles. The van der Waals surface area contributed by atoms with Gasteiger partial charge >= 0.3 is 0 Å². The van der Waals surface area contributed by atoms with Crippen LogP contribution in [0.2, 0.25) is 0 Å². The van der Waals surface area contributed by atoms with Gasteiger partial charge < -0.3 is 5.73 Å². The highest BCUT2D eigenvalue weighted by Crippen LogP contribution is 2.56. The Morgan fingerprint density at radius 2 is 1.96 bits per heavy atom. The molecule has 2 N–H and O–H groups in total. The van der Waals surface area contributed by atoms with Crippen molar-refractivity contribution in [3.8, 4) is 18.2 Å². The maximum absolute atomic E-state index is 9.99. The molecule has 1 heterocycles. The minimum absolute atomic E-state index is 0.0726. The second-order valence-electron chi connectivity index (χ2n) is 6.81. The molecule has 0 aliphatic heterocycles. The number of hydrogen-bond acceptors (Lipinski definition) is 5. The molecule has 0 spiro atoms. The summed E-state index contributed by atoms with van der Waals surface area (Å²) < 4.78 is 1.77. The molecule has 126 valence electrons. The first-order chi connectivity index (χ1) is 11.9. The minimum Gasteiger partial charge on any atom is -0.399 e. The largest absolute Gasteiger partial charge is 0.399 e. The van der Waals surface area contributed by atoms with E-state index in [2.05, 4.69) is 23.3 Å². The maximum atomic E-state index is 9.99. The zero-order chi connectivity index (χ0) is 18.4. The third kappa shape index (κ3) is 2.10. The summed E-state index contributed by atoms with van der Waals surface area (Å²) in [6, 6.07) is 6.48. The van der Waals surface area contributed by atoms with Crippen LogP contribution in [-0.4, -0.2) is 9.78 Å². The summed E-state index contributed by atoms with van der Waals surface area (Å²) in [5.74, 6) is -0.489. The summed E-state index contributed by atoms with van der Waals surface area (Å²) in [5, 5.41) is 34.1. The number of nitrogens with zero attached hydrogens (tertiary/aromatic N) is 5. The first kappa shape index (κ1) is 16.8. The number of aromatic nitrogens is 2. The lowest BCUT2D eigenvalue weighted by molar-refractivity contribution is 0.315. The third-order valence-corrected chi connectivity index (χ3v) is 5.68. The van der Waals surface area contributed by atoms with Crippen molar-refractivity contribution in [1.29, 1.82) is 15.8 Å². The molecule has 1 aromatic rings. The highest BCUT2D eigenvalue weighted by molar-refractivity contribution is 5.59. The van der Waals surface area contributed by atoms with E-state index < -0.39 is 11.3 Å². The van der Waals surface area contributed by atoms with Gasteiger partial charge in [-0.25, -0.2) is 0 Å². The SMILES string of the molecule is Cc1nn(C)c(C)c1[C@@H]1[C@H]2CCCC=C2C(C#N)=C(N)C1(C#N)C#N. The van der Waals surface area contributed by atoms with Crippen molar-refractivity contribution in [2.45, 2.75) is 39.0 Å². The summed E-state index contributed by atoms with van der Waals surface area (Å²) in [6.07, 6.45) is 4.73. The molecule has 0 aromatic carbocycles. The monoisotopic (exact) mass is 332 g/mol. The smallest absolute Gasteiger partial charge is 0.191 e. The molecule has 25 heavy (non-hydrogen) atoms. The first-order valence-electron chi connectivity index (χ1n) is 8.36. The Morgan fingerprint density at radius 1 is 1.28 bits per heavy atom. The molecule has 6 heteroatoms. The fourth-order valence-corrected chi connectivity index (χ4v) is 4.42. The molecule has 6 nitrogen and oxygen atoms in total. The van der Waals surface area contributed by atoms with Crippen LogP contribution in [0.4, 0.5) is 0 Å². The van der Waals surface area contributed by atoms with Gasteiger partial charge in [-0.2, -0.15) is 20.9 Å². The number of nitriles is 3. The van der Waals surface area contributed by atoms with Gasteiger partial charge in [0.2, 0.25) is 0 Å². The lowest BCUT2D eigenvalue weighted by Crippen LogP contribution is -2.43. The van der Waals surface area contributed by atoms with Gasteiger partial charge in [0.15, 0.2) is 5.41 Å². The van der Waals surface area contributed by atoms with Crippen molar-refractivity contribution >= 4 is 0 Å². The average Bonchev–Trinajstić information content (AvgIpc) is 2.86. The van der Waals surface area contributed by atoms with Gasteiger partial charge in [-0.05, 0) is 44.6 Å². The van der Waals surface area contributed by atoms with Gasteiger partial charge in [-0.15, -0.1) is 0 Å². The van der Waals surface area contributed by atoms with Crippen molar-refractivity contribution in [2.75, 3.05) is 0 Å². The van der Waals surface area contributed by atoms with Crippen molar-refractivity contribution in [2.24, 2.45) is 24.1 Å². The Hall–Kier alpha value is -3.04. The van der Waals surface area contributed by atoms with Gasteiger partial charge in [-0.3, -0.25) is 4.68 Å². The topological polar surface area (TPSA) is 115 Å². The summed E-state index contributed by atoms with van der Waals surface area (Å²) >= 11 is 0. The van der Waals surface area contributed by atoms with E-state index >= 15 is 0 Å². The van der Waals surface area contributed by atoms with Gasteiger partial charge in [0.1, 0.15) is 6.07 Å². The predicted molar refractivity (Wildman–Crippen MR) is 91.3 cm³/mol. The van der Waals surface area contributed by atoms with Crippen molar-refractivity contribution in [3.05, 3.63) is 39.9 Å². The molecule has 0 saturated carbocycles. The molecule has 0 fully saturated rings. The van der Waals surface area contributed by atoms with Crippen LogP contribution in [0.15, 0.2) is 22.9 Å². The lowest BCUT2D eigenvalue weighted by Gasteiger charge is -2.43. The summed E-state index contributed by atoms with van der Waals surface area (Å²) in [4.78, 5) is 0. The number of allylic oxidation sites excluding steroid dienone is 4. The molecule has 0 radical (unpaired) electrons. The van der Waals surface area contributed by atoms with Crippen molar-refractivity contribution < 1.29 is 0 Å². The Balaban J connectivity index is 2.40. The quantitative estimate of drug-likeness (QED) is 0.848. The predicted octanol–water partition coefficient (Wildman–Crippen LogP) is 2.63. The van der Waals surface area contributed by atoms with E-state index in [1.807, 2.05) is 27.0 Å². The van der Waals surface area contributed by atoms with Crippen LogP contribution in [0.5, 0.6) is 0 Å². The van der Waals surface area contributed by atoms with Crippen LogP contribution in [-0.2, 0) is 7.05 Å². The molecule has 2 atom stereocenters. The molecule has 3 rings (SSSR count). The summed E-state index contributed by atoms with van der Waals surface area (Å²) in [7, 11) is 1.85. The fraction of sp³-hybridized carbons (Fsp3) is 0.474. The Bertz CT molecular complexity index is 911. The van der Waals surface area contributed by atoms with Crippen molar-refractivity contribution in [1.82, 2.24) is 9.78 Å². The zero-order valence-electron chi connectivity index (χ0n) is 14.7. The molecule has 0 unspecified atom stereocenters. The molecule has 0 bridgehead atoms. The number of rotatable bonds is 1. The van der Waals surface area contributed by atoms with E-state index in [1.165, 1.54) is 0 Å². The van der Waals surface area contributed by atoms with Crippen LogP contribution < -0.4 is 5.73 Å².